The lowest BCUT2D eigenvalue weighted by molar-refractivity contribution is -0.136. The van der Waals surface area contributed by atoms with E-state index in [0.717, 1.165) is 4.47 Å². The lowest BCUT2D eigenvalue weighted by Crippen LogP contribution is -2.32. The molecule has 0 aromatic heterocycles. The van der Waals surface area contributed by atoms with Crippen molar-refractivity contribution in [3.63, 3.8) is 0 Å². The van der Waals surface area contributed by atoms with Crippen LogP contribution in [0.4, 0.5) is 5.69 Å². The first-order valence-electron chi connectivity index (χ1n) is 8.89. The Hall–Kier alpha value is -3.49. The lowest BCUT2D eigenvalue weighted by atomic mass is 10.2. The van der Waals surface area contributed by atoms with Crippen LogP contribution in [-0.4, -0.2) is 24.0 Å². The van der Waals surface area contributed by atoms with Crippen LogP contribution in [0.5, 0.6) is 5.75 Å². The highest BCUT2D eigenvalue weighted by Gasteiger charge is 2.13. The summed E-state index contributed by atoms with van der Waals surface area (Å²) in [6, 6.07) is 19.8. The summed E-state index contributed by atoms with van der Waals surface area (Å²) in [5.41, 5.74) is 3.51. The number of carbonyl (C=O) groups excluding carboxylic acids is 3. The quantitative estimate of drug-likeness (QED) is 0.178. The molecule has 0 unspecified atom stereocenters. The Morgan fingerprint density at radius 2 is 1.58 bits per heavy atom. The van der Waals surface area contributed by atoms with E-state index in [-0.39, 0.29) is 5.56 Å². The minimum absolute atomic E-state index is 0.263. The summed E-state index contributed by atoms with van der Waals surface area (Å²) in [4.78, 5) is 35.8. The summed E-state index contributed by atoms with van der Waals surface area (Å²) in [6.45, 7) is 0. The van der Waals surface area contributed by atoms with E-state index in [2.05, 4.69) is 31.8 Å². The van der Waals surface area contributed by atoms with Crippen LogP contribution in [0.2, 0.25) is 5.02 Å². The molecule has 156 valence electrons. The number of ether oxygens (including phenoxy) is 1. The van der Waals surface area contributed by atoms with Gasteiger partial charge in [-0.25, -0.2) is 10.2 Å². The third kappa shape index (κ3) is 6.50. The van der Waals surface area contributed by atoms with Crippen molar-refractivity contribution in [3.05, 3.63) is 93.4 Å². The van der Waals surface area contributed by atoms with Crippen LogP contribution in [0, 0.1) is 0 Å². The molecule has 0 aliphatic carbocycles. The number of hydrogen-bond donors (Lipinski definition) is 2. The molecule has 0 spiro atoms. The number of rotatable bonds is 5. The Balaban J connectivity index is 1.51. The number of nitrogens with zero attached hydrogens (tertiary/aromatic N) is 1. The number of anilines is 1. The maximum Gasteiger partial charge on any atom is 0.345 e. The number of benzene rings is 3. The standard InChI is InChI=1S/C22H15BrClN3O4/c23-15-7-9-16(10-8-15)26-20(28)21(29)27-25-13-14-5-11-17(12-6-14)31-22(30)18-3-1-2-4-19(18)24/h1-13H,(H,26,28)(H,27,29). The number of nitrogens with one attached hydrogen (secondary N) is 2. The van der Waals surface area contributed by atoms with Crippen LogP contribution in [0.15, 0.2) is 82.4 Å². The Kier molecular flexibility index (Phi) is 7.53. The summed E-state index contributed by atoms with van der Waals surface area (Å²) in [7, 11) is 0. The van der Waals surface area contributed by atoms with Crippen LogP contribution < -0.4 is 15.5 Å². The van der Waals surface area contributed by atoms with Crippen LogP contribution in [-0.2, 0) is 9.59 Å². The molecule has 9 heteroatoms. The molecule has 0 saturated heterocycles. The van der Waals surface area contributed by atoms with E-state index in [1.807, 2.05) is 0 Å². The van der Waals surface area contributed by atoms with Crippen LogP contribution in [0.1, 0.15) is 15.9 Å². The van der Waals surface area contributed by atoms with Crippen LogP contribution >= 0.6 is 27.5 Å². The molecular formula is C22H15BrClN3O4. The fourth-order valence-corrected chi connectivity index (χ4v) is 2.83. The Morgan fingerprint density at radius 3 is 2.26 bits per heavy atom. The third-order valence-electron chi connectivity index (χ3n) is 3.87. The monoisotopic (exact) mass is 499 g/mol. The van der Waals surface area contributed by atoms with Gasteiger partial charge in [0.2, 0.25) is 0 Å². The lowest BCUT2D eigenvalue weighted by Gasteiger charge is -2.06. The molecule has 0 heterocycles. The molecule has 0 aliphatic heterocycles. The van der Waals surface area contributed by atoms with Crippen molar-refractivity contribution in [3.8, 4) is 5.75 Å². The molecule has 3 rings (SSSR count). The highest BCUT2D eigenvalue weighted by atomic mass is 79.9. The maximum atomic E-state index is 12.2. The maximum absolute atomic E-state index is 12.2. The molecule has 0 radical (unpaired) electrons. The summed E-state index contributed by atoms with van der Waals surface area (Å²) in [5, 5.41) is 6.51. The topological polar surface area (TPSA) is 96.9 Å². The second kappa shape index (κ2) is 10.5. The molecule has 2 N–H and O–H groups in total. The molecule has 31 heavy (non-hydrogen) atoms. The van der Waals surface area contributed by atoms with Crippen LogP contribution in [0.3, 0.4) is 0 Å². The smallest absolute Gasteiger partial charge is 0.345 e. The molecule has 0 fully saturated rings. The van der Waals surface area contributed by atoms with Gasteiger partial charge in [-0.1, -0.05) is 39.7 Å². The van der Waals surface area contributed by atoms with E-state index >= 15 is 0 Å². The first-order chi connectivity index (χ1) is 14.9. The largest absolute Gasteiger partial charge is 0.423 e. The van der Waals surface area contributed by atoms with E-state index in [0.29, 0.717) is 22.0 Å². The predicted octanol–water partition coefficient (Wildman–Crippen LogP) is 4.41. The summed E-state index contributed by atoms with van der Waals surface area (Å²) < 4.78 is 6.13. The van der Waals surface area contributed by atoms with Gasteiger partial charge >= 0.3 is 17.8 Å². The second-order valence-corrected chi connectivity index (χ2v) is 7.42. The van der Waals surface area contributed by atoms with Gasteiger partial charge in [-0.2, -0.15) is 5.10 Å². The fraction of sp³-hybridized carbons (Fsp3) is 0. The minimum Gasteiger partial charge on any atom is -0.423 e. The average molecular weight is 501 g/mol. The van der Waals surface area contributed by atoms with Gasteiger partial charge in [0.25, 0.3) is 0 Å². The number of halogens is 2. The van der Waals surface area contributed by atoms with Crippen molar-refractivity contribution in [2.24, 2.45) is 5.10 Å². The SMILES string of the molecule is O=C(NN=Cc1ccc(OC(=O)c2ccccc2Cl)cc1)C(=O)Nc1ccc(Br)cc1. The zero-order valence-corrected chi connectivity index (χ0v) is 18.2. The number of hydrazone groups is 1. The van der Waals surface area contributed by atoms with Crippen molar-refractivity contribution in [2.75, 3.05) is 5.32 Å². The third-order valence-corrected chi connectivity index (χ3v) is 4.73. The van der Waals surface area contributed by atoms with Crippen molar-refractivity contribution >= 4 is 57.2 Å². The van der Waals surface area contributed by atoms with Gasteiger partial charge in [-0.05, 0) is 66.2 Å². The molecule has 3 aromatic rings. The summed E-state index contributed by atoms with van der Waals surface area (Å²) in [5.74, 6) is -2.01. The molecule has 7 nitrogen and oxygen atoms in total. The second-order valence-electron chi connectivity index (χ2n) is 6.10. The molecule has 0 atom stereocenters. The van der Waals surface area contributed by atoms with E-state index in [1.54, 1.807) is 72.8 Å². The zero-order chi connectivity index (χ0) is 22.2. The van der Waals surface area contributed by atoms with E-state index in [4.69, 9.17) is 16.3 Å². The molecule has 0 aliphatic rings. The Labute approximate surface area is 191 Å². The molecular weight excluding hydrogens is 486 g/mol. The van der Waals surface area contributed by atoms with Gasteiger partial charge in [0.15, 0.2) is 0 Å². The summed E-state index contributed by atoms with van der Waals surface area (Å²) in [6.07, 6.45) is 1.35. The fourth-order valence-electron chi connectivity index (χ4n) is 2.35. The van der Waals surface area contributed by atoms with Crippen molar-refractivity contribution in [2.45, 2.75) is 0 Å². The molecule has 0 bridgehead atoms. The molecule has 2 amide bonds. The highest BCUT2D eigenvalue weighted by molar-refractivity contribution is 9.10. The van der Waals surface area contributed by atoms with E-state index in [1.165, 1.54) is 6.21 Å². The van der Waals surface area contributed by atoms with Gasteiger partial charge < -0.3 is 10.1 Å². The zero-order valence-electron chi connectivity index (χ0n) is 15.8. The first-order valence-corrected chi connectivity index (χ1v) is 10.1. The first kappa shape index (κ1) is 22.2. The van der Waals surface area contributed by atoms with Crippen molar-refractivity contribution in [1.82, 2.24) is 5.43 Å². The number of hydrogen-bond acceptors (Lipinski definition) is 5. The molecule has 3 aromatic carbocycles. The van der Waals surface area contributed by atoms with Crippen molar-refractivity contribution in [1.29, 1.82) is 0 Å². The minimum atomic E-state index is -0.913. The van der Waals surface area contributed by atoms with Gasteiger partial charge in [0, 0.05) is 10.2 Å². The van der Waals surface area contributed by atoms with Crippen LogP contribution in [0.25, 0.3) is 0 Å². The average Bonchev–Trinajstić information content (AvgIpc) is 2.76. The van der Waals surface area contributed by atoms with Gasteiger partial charge in [0.1, 0.15) is 5.75 Å². The molecule has 0 saturated carbocycles. The van der Waals surface area contributed by atoms with E-state index in [9.17, 15) is 14.4 Å². The summed E-state index contributed by atoms with van der Waals surface area (Å²) >= 11 is 9.27. The van der Waals surface area contributed by atoms with Crippen molar-refractivity contribution < 1.29 is 19.1 Å². The van der Waals surface area contributed by atoms with Gasteiger partial charge in [-0.3, -0.25) is 9.59 Å². The number of esters is 1. The Bertz CT molecular complexity index is 1130. The highest BCUT2D eigenvalue weighted by Crippen LogP contribution is 2.19. The Morgan fingerprint density at radius 1 is 0.903 bits per heavy atom. The number of amides is 2. The number of carbonyl (C=O) groups is 3. The normalized spacial score (nSPS) is 10.5. The van der Waals surface area contributed by atoms with Gasteiger partial charge in [0.05, 0.1) is 16.8 Å². The van der Waals surface area contributed by atoms with Gasteiger partial charge in [-0.15, -0.1) is 0 Å². The van der Waals surface area contributed by atoms with E-state index < -0.39 is 17.8 Å². The predicted molar refractivity (Wildman–Crippen MR) is 121 cm³/mol.